The second kappa shape index (κ2) is 8.19. The first kappa shape index (κ1) is 20.0. The van der Waals surface area contributed by atoms with E-state index in [0.29, 0.717) is 11.3 Å². The Morgan fingerprint density at radius 3 is 2.50 bits per heavy atom. The Morgan fingerprint density at radius 1 is 1.03 bits per heavy atom. The highest BCUT2D eigenvalue weighted by Crippen LogP contribution is 2.46. The van der Waals surface area contributed by atoms with E-state index in [1.807, 2.05) is 42.5 Å². The van der Waals surface area contributed by atoms with Crippen molar-refractivity contribution in [1.82, 2.24) is 0 Å². The van der Waals surface area contributed by atoms with E-state index in [-0.39, 0.29) is 0 Å². The van der Waals surface area contributed by atoms with E-state index in [9.17, 15) is 4.79 Å². The van der Waals surface area contributed by atoms with Crippen molar-refractivity contribution in [3.63, 3.8) is 0 Å². The van der Waals surface area contributed by atoms with Gasteiger partial charge in [0.25, 0.3) is 0 Å². The number of hydrogen-bond donors (Lipinski definition) is 0. The Labute approximate surface area is 177 Å². The van der Waals surface area contributed by atoms with Gasteiger partial charge in [0.1, 0.15) is 17.2 Å². The lowest BCUT2D eigenvalue weighted by Crippen LogP contribution is -2.14. The third-order valence-electron chi connectivity index (χ3n) is 5.54. The van der Waals surface area contributed by atoms with Crippen molar-refractivity contribution < 1.29 is 14.3 Å². The van der Waals surface area contributed by atoms with Gasteiger partial charge in [-0.25, -0.2) is 4.79 Å². The van der Waals surface area contributed by atoms with Crippen molar-refractivity contribution in [2.24, 2.45) is 0 Å². The summed E-state index contributed by atoms with van der Waals surface area (Å²) in [7, 11) is 0. The van der Waals surface area contributed by atoms with Gasteiger partial charge in [0, 0.05) is 27.5 Å². The number of aryl methyl sites for hydroxylation is 1. The molecule has 0 amide bonds. The maximum atomic E-state index is 12.5. The minimum atomic E-state index is -0.400. The molecule has 4 rings (SSSR count). The fourth-order valence-corrected chi connectivity index (χ4v) is 3.88. The fourth-order valence-electron chi connectivity index (χ4n) is 3.88. The normalized spacial score (nSPS) is 12.8. The molecule has 1 aliphatic carbocycles. The van der Waals surface area contributed by atoms with Gasteiger partial charge in [0.05, 0.1) is 0 Å². The summed E-state index contributed by atoms with van der Waals surface area (Å²) in [5, 5.41) is 1.84. The number of esters is 1. The highest BCUT2D eigenvalue weighted by atomic mass is 16.5. The molecular weight excluding hydrogens is 372 g/mol. The summed E-state index contributed by atoms with van der Waals surface area (Å²) in [5.41, 5.74) is 4.96. The van der Waals surface area contributed by atoms with Crippen LogP contribution in [0.5, 0.6) is 17.2 Å². The highest BCUT2D eigenvalue weighted by Gasteiger charge is 2.26. The summed E-state index contributed by atoms with van der Waals surface area (Å²) < 4.78 is 12.3. The molecule has 0 saturated heterocycles. The Balaban J connectivity index is 1.99. The Kier molecular flexibility index (Phi) is 5.45. The van der Waals surface area contributed by atoms with Gasteiger partial charge in [-0.1, -0.05) is 61.0 Å². The molecule has 0 bridgehead atoms. The number of benzene rings is 3. The van der Waals surface area contributed by atoms with Gasteiger partial charge in [-0.3, -0.25) is 0 Å². The summed E-state index contributed by atoms with van der Waals surface area (Å²) in [6, 6.07) is 16.0. The summed E-state index contributed by atoms with van der Waals surface area (Å²) in [4.78, 5) is 12.5. The van der Waals surface area contributed by atoms with Gasteiger partial charge >= 0.3 is 5.97 Å². The van der Waals surface area contributed by atoms with Crippen molar-refractivity contribution in [2.75, 3.05) is 0 Å². The predicted molar refractivity (Wildman–Crippen MR) is 121 cm³/mol. The quantitative estimate of drug-likeness (QED) is 0.204. The third-order valence-corrected chi connectivity index (χ3v) is 5.54. The van der Waals surface area contributed by atoms with E-state index in [0.717, 1.165) is 58.2 Å². The van der Waals surface area contributed by atoms with E-state index in [4.69, 9.17) is 9.47 Å². The summed E-state index contributed by atoms with van der Waals surface area (Å²) >= 11 is 0. The Hall–Kier alpha value is -3.33. The monoisotopic (exact) mass is 398 g/mol. The van der Waals surface area contributed by atoms with Crippen LogP contribution >= 0.6 is 0 Å². The van der Waals surface area contributed by atoms with Crippen LogP contribution in [-0.2, 0) is 17.6 Å². The molecular formula is C27H26O3. The van der Waals surface area contributed by atoms with Gasteiger partial charge in [0.15, 0.2) is 0 Å². The van der Waals surface area contributed by atoms with Gasteiger partial charge in [-0.05, 0) is 51.3 Å². The molecule has 0 atom stereocenters. The molecule has 0 fully saturated rings. The molecule has 3 aromatic carbocycles. The number of ether oxygens (including phenoxy) is 2. The lowest BCUT2D eigenvalue weighted by atomic mass is 9.86. The molecule has 0 spiro atoms. The number of carbonyl (C=O) groups is 1. The van der Waals surface area contributed by atoms with Gasteiger partial charge in [-0.2, -0.15) is 0 Å². The second-order valence-electron chi connectivity index (χ2n) is 7.85. The topological polar surface area (TPSA) is 35.5 Å². The zero-order valence-corrected chi connectivity index (χ0v) is 17.7. The van der Waals surface area contributed by atoms with E-state index in [1.165, 1.54) is 5.57 Å². The number of hydrogen-bond acceptors (Lipinski definition) is 3. The van der Waals surface area contributed by atoms with E-state index in [2.05, 4.69) is 32.6 Å². The lowest BCUT2D eigenvalue weighted by Gasteiger charge is -2.25. The van der Waals surface area contributed by atoms with Gasteiger partial charge in [0.2, 0.25) is 0 Å². The number of fused-ring (bicyclic) bond motifs is 2. The summed E-state index contributed by atoms with van der Waals surface area (Å²) in [5.74, 6) is 1.87. The first-order chi connectivity index (χ1) is 14.5. The molecule has 0 unspecified atom stereocenters. The van der Waals surface area contributed by atoms with Crippen molar-refractivity contribution in [3.05, 3.63) is 89.0 Å². The van der Waals surface area contributed by atoms with E-state index >= 15 is 0 Å². The molecule has 0 aliphatic heterocycles. The van der Waals surface area contributed by atoms with Crippen LogP contribution in [0.4, 0.5) is 0 Å². The first-order valence-corrected chi connectivity index (χ1v) is 10.3. The smallest absolute Gasteiger partial charge is 0.338 e. The average molecular weight is 399 g/mol. The first-order valence-electron chi connectivity index (χ1n) is 10.3. The highest BCUT2D eigenvalue weighted by molar-refractivity contribution is 6.00. The van der Waals surface area contributed by atoms with E-state index in [1.54, 1.807) is 6.92 Å². The Bertz CT molecular complexity index is 1170. The second-order valence-corrected chi connectivity index (χ2v) is 7.85. The summed E-state index contributed by atoms with van der Waals surface area (Å²) in [6.07, 6.45) is 4.74. The maximum Gasteiger partial charge on any atom is 0.338 e. The largest absolute Gasteiger partial charge is 0.456 e. The zero-order valence-electron chi connectivity index (χ0n) is 17.7. The average Bonchev–Trinajstić information content (AvgIpc) is 2.76. The molecule has 152 valence electrons. The van der Waals surface area contributed by atoms with Crippen LogP contribution in [-0.4, -0.2) is 5.97 Å². The van der Waals surface area contributed by atoms with E-state index < -0.39 is 5.97 Å². The van der Waals surface area contributed by atoms with Gasteiger partial charge in [-0.15, -0.1) is 0 Å². The van der Waals surface area contributed by atoms with Crippen LogP contribution in [0.2, 0.25) is 0 Å². The fraction of sp³-hybridized carbons (Fsp3) is 0.222. The molecule has 0 saturated carbocycles. The van der Waals surface area contributed by atoms with Crippen molar-refractivity contribution in [1.29, 1.82) is 0 Å². The number of carbonyl (C=O) groups excluding carboxylic acids is 1. The molecule has 30 heavy (non-hydrogen) atoms. The minimum Gasteiger partial charge on any atom is -0.456 e. The SMILES string of the molecule is C=C(C)C(=O)Oc1c2c(c(Oc3ccccc3)c3cc(C)ccc13)CC=C(CC)C2. The molecule has 0 heterocycles. The number of para-hydroxylation sites is 1. The van der Waals surface area contributed by atoms with Crippen LogP contribution in [0.1, 0.15) is 37.0 Å². The lowest BCUT2D eigenvalue weighted by molar-refractivity contribution is -0.130. The van der Waals surface area contributed by atoms with Crippen molar-refractivity contribution in [2.45, 2.75) is 40.0 Å². The van der Waals surface area contributed by atoms with Crippen LogP contribution in [0.3, 0.4) is 0 Å². The molecule has 3 nitrogen and oxygen atoms in total. The molecule has 3 aromatic rings. The number of rotatable bonds is 5. The van der Waals surface area contributed by atoms with Gasteiger partial charge < -0.3 is 9.47 Å². The minimum absolute atomic E-state index is 0.385. The number of allylic oxidation sites excluding steroid dienone is 2. The predicted octanol–water partition coefficient (Wildman–Crippen LogP) is 6.86. The summed E-state index contributed by atoms with van der Waals surface area (Å²) in [6.45, 7) is 9.63. The van der Waals surface area contributed by atoms with Crippen LogP contribution in [0, 0.1) is 6.92 Å². The molecule has 0 radical (unpaired) electrons. The zero-order chi connectivity index (χ0) is 21.3. The van der Waals surface area contributed by atoms with Crippen molar-refractivity contribution in [3.8, 4) is 17.2 Å². The molecule has 1 aliphatic rings. The van der Waals surface area contributed by atoms with Crippen LogP contribution < -0.4 is 9.47 Å². The maximum absolute atomic E-state index is 12.5. The molecule has 3 heteroatoms. The molecule has 0 N–H and O–H groups in total. The van der Waals surface area contributed by atoms with Crippen molar-refractivity contribution >= 4 is 16.7 Å². The standard InChI is InChI=1S/C27H26O3/c1-5-19-12-14-22-24(16-19)26(30-27(28)17(2)3)21-13-11-18(4)15-23(21)25(22)29-20-9-7-6-8-10-20/h6-13,15H,2,5,14,16H2,1,3-4H3. The third kappa shape index (κ3) is 3.76. The molecule has 0 aromatic heterocycles. The van der Waals surface area contributed by atoms with Crippen LogP contribution in [0.15, 0.2) is 72.3 Å². The Morgan fingerprint density at radius 2 is 1.80 bits per heavy atom. The van der Waals surface area contributed by atoms with Crippen LogP contribution in [0.25, 0.3) is 10.8 Å².